The molecule has 0 saturated heterocycles. The summed E-state index contributed by atoms with van der Waals surface area (Å²) in [5.41, 5.74) is 1.43. The van der Waals surface area contributed by atoms with Gasteiger partial charge in [-0.25, -0.2) is 4.79 Å². The average molecular weight is 215 g/mol. The molecule has 0 fully saturated rings. The van der Waals surface area contributed by atoms with Gasteiger partial charge in [-0.1, -0.05) is 26.6 Å². The molecule has 0 rings (SSSR count). The van der Waals surface area contributed by atoms with Crippen molar-refractivity contribution in [2.24, 2.45) is 0 Å². The summed E-state index contributed by atoms with van der Waals surface area (Å²) in [6.45, 7) is 10.4. The Hall–Kier alpha value is -0.773. The molecule has 0 amide bonds. The summed E-state index contributed by atoms with van der Waals surface area (Å²) in [6.07, 6.45) is 0.579. The zero-order valence-corrected chi connectivity index (χ0v) is 11.0. The molecule has 0 aliphatic rings. The number of hydrogen-bond acceptors (Lipinski definition) is 2. The number of rotatable bonds is 4. The first kappa shape index (κ1) is 13.2. The molecular formula is C10H21NO2Si. The third-order valence-corrected chi connectivity index (χ3v) is 4.91. The maximum atomic E-state index is 10.9. The summed E-state index contributed by atoms with van der Waals surface area (Å²) in [7, 11) is 0.550. The molecule has 0 bridgehead atoms. The highest BCUT2D eigenvalue weighted by atomic mass is 28.3. The second-order valence-electron chi connectivity index (χ2n) is 4.45. The summed E-state index contributed by atoms with van der Waals surface area (Å²) in [4.78, 5) is 10.9. The van der Waals surface area contributed by atoms with Gasteiger partial charge in [-0.2, -0.15) is 0 Å². The van der Waals surface area contributed by atoms with Crippen molar-refractivity contribution >= 4 is 14.2 Å². The number of aliphatic carboxylic acids is 1. The first-order valence-corrected chi connectivity index (χ1v) is 8.33. The van der Waals surface area contributed by atoms with E-state index in [-0.39, 0.29) is 0 Å². The fraction of sp³-hybridized carbons (Fsp3) is 0.700. The molecule has 0 aliphatic heterocycles. The molecule has 0 aromatic rings. The maximum absolute atomic E-state index is 10.9. The molecule has 0 unspecified atom stereocenters. The van der Waals surface area contributed by atoms with E-state index in [4.69, 9.17) is 5.11 Å². The molecule has 0 saturated carbocycles. The van der Waals surface area contributed by atoms with Crippen molar-refractivity contribution in [1.82, 2.24) is 4.57 Å². The van der Waals surface area contributed by atoms with Gasteiger partial charge < -0.3 is 9.67 Å². The average Bonchev–Trinajstić information content (AvgIpc) is 2.01. The topological polar surface area (TPSA) is 40.5 Å². The summed E-state index contributed by atoms with van der Waals surface area (Å²) in [6, 6.07) is 0. The lowest BCUT2D eigenvalue weighted by molar-refractivity contribution is -0.132. The number of carbonyl (C=O) groups is 1. The molecular weight excluding hydrogens is 194 g/mol. The van der Waals surface area contributed by atoms with E-state index in [1.54, 1.807) is 0 Å². The zero-order valence-electron chi connectivity index (χ0n) is 10.0. The molecule has 82 valence electrons. The van der Waals surface area contributed by atoms with Gasteiger partial charge in [-0.05, 0) is 20.4 Å². The molecule has 0 spiro atoms. The Bertz CT molecular complexity index is 253. The fourth-order valence-corrected chi connectivity index (χ4v) is 2.41. The Kier molecular flexibility index (Phi) is 4.38. The van der Waals surface area contributed by atoms with Crippen molar-refractivity contribution < 1.29 is 9.90 Å². The normalized spacial score (nSPS) is 13.6. The number of allylic oxidation sites excluding steroid dienone is 1. The van der Waals surface area contributed by atoms with E-state index in [0.29, 0.717) is 12.0 Å². The largest absolute Gasteiger partial charge is 0.478 e. The van der Waals surface area contributed by atoms with Crippen molar-refractivity contribution in [3.63, 3.8) is 0 Å². The molecule has 4 heteroatoms. The van der Waals surface area contributed by atoms with Crippen molar-refractivity contribution in [2.45, 2.75) is 39.9 Å². The van der Waals surface area contributed by atoms with Crippen LogP contribution in [0, 0.1) is 0 Å². The number of nitrogens with zero attached hydrogens (tertiary/aromatic N) is 1. The lowest BCUT2D eigenvalue weighted by Gasteiger charge is -2.33. The van der Waals surface area contributed by atoms with E-state index in [0.717, 1.165) is 5.70 Å². The SMILES string of the molecule is CC/C(C(=O)O)=C(\C)N(C)[Si](C)(C)C. The van der Waals surface area contributed by atoms with Gasteiger partial charge in [-0.15, -0.1) is 0 Å². The van der Waals surface area contributed by atoms with Crippen molar-refractivity contribution in [3.8, 4) is 0 Å². The van der Waals surface area contributed by atoms with Crippen LogP contribution in [0.3, 0.4) is 0 Å². The third-order valence-electron chi connectivity index (χ3n) is 2.56. The van der Waals surface area contributed by atoms with Gasteiger partial charge in [0.25, 0.3) is 0 Å². The minimum absolute atomic E-state index is 0.523. The molecule has 1 N–H and O–H groups in total. The predicted octanol–water partition coefficient (Wildman–Crippen LogP) is 2.52. The van der Waals surface area contributed by atoms with Crippen molar-refractivity contribution in [1.29, 1.82) is 0 Å². The number of carboxylic acids is 1. The Labute approximate surface area is 87.5 Å². The van der Waals surface area contributed by atoms with Gasteiger partial charge in [0.1, 0.15) is 8.24 Å². The first-order valence-electron chi connectivity index (χ1n) is 4.88. The molecule has 0 aromatic heterocycles. The number of hydrogen-bond donors (Lipinski definition) is 1. The Balaban J connectivity index is 5.06. The fourth-order valence-electron chi connectivity index (χ4n) is 1.27. The Morgan fingerprint density at radius 3 is 2.00 bits per heavy atom. The van der Waals surface area contributed by atoms with Gasteiger partial charge in [0.15, 0.2) is 0 Å². The zero-order chi connectivity index (χ0) is 11.5. The van der Waals surface area contributed by atoms with Gasteiger partial charge in [-0.3, -0.25) is 0 Å². The molecule has 0 heterocycles. The second kappa shape index (κ2) is 4.64. The second-order valence-corrected chi connectivity index (χ2v) is 9.46. The van der Waals surface area contributed by atoms with E-state index >= 15 is 0 Å². The molecule has 0 aliphatic carbocycles. The Morgan fingerprint density at radius 2 is 1.79 bits per heavy atom. The predicted molar refractivity (Wildman–Crippen MR) is 61.7 cm³/mol. The summed E-state index contributed by atoms with van der Waals surface area (Å²) in [5.74, 6) is -0.796. The van der Waals surface area contributed by atoms with Crippen LogP contribution in [0.25, 0.3) is 0 Å². The summed E-state index contributed by atoms with van der Waals surface area (Å²) >= 11 is 0. The minimum atomic E-state index is -1.44. The lowest BCUT2D eigenvalue weighted by Crippen LogP contribution is -2.42. The van der Waals surface area contributed by atoms with Crippen LogP contribution in [-0.2, 0) is 4.79 Å². The van der Waals surface area contributed by atoms with E-state index < -0.39 is 14.2 Å². The molecule has 0 radical (unpaired) electrons. The standard InChI is InChI=1S/C10H21NO2Si/c1-7-9(10(12)13)8(2)11(3)14(4,5)6/h7H2,1-6H3,(H,12,13)/b9-8-. The highest BCUT2D eigenvalue weighted by Gasteiger charge is 2.23. The first-order chi connectivity index (χ1) is 6.21. The van der Waals surface area contributed by atoms with Gasteiger partial charge in [0.2, 0.25) is 0 Å². The summed E-state index contributed by atoms with van der Waals surface area (Å²) in [5, 5.41) is 8.99. The van der Waals surface area contributed by atoms with Crippen molar-refractivity contribution in [2.75, 3.05) is 7.05 Å². The van der Waals surface area contributed by atoms with E-state index in [9.17, 15) is 4.79 Å². The van der Waals surface area contributed by atoms with Crippen LogP contribution in [-0.4, -0.2) is 30.9 Å². The molecule has 0 aromatic carbocycles. The van der Waals surface area contributed by atoms with Crippen LogP contribution in [0.2, 0.25) is 19.6 Å². The smallest absolute Gasteiger partial charge is 0.333 e. The molecule has 0 atom stereocenters. The highest BCUT2D eigenvalue weighted by molar-refractivity contribution is 6.73. The molecule has 14 heavy (non-hydrogen) atoms. The molecule has 3 nitrogen and oxygen atoms in total. The quantitative estimate of drug-likeness (QED) is 0.578. The van der Waals surface area contributed by atoms with Gasteiger partial charge in [0.05, 0.1) is 5.57 Å². The summed E-state index contributed by atoms with van der Waals surface area (Å²) < 4.78 is 2.14. The van der Waals surface area contributed by atoms with E-state index in [1.807, 2.05) is 20.9 Å². The van der Waals surface area contributed by atoms with E-state index in [2.05, 4.69) is 24.2 Å². The van der Waals surface area contributed by atoms with Crippen LogP contribution < -0.4 is 0 Å². The van der Waals surface area contributed by atoms with Crippen LogP contribution >= 0.6 is 0 Å². The van der Waals surface area contributed by atoms with Crippen molar-refractivity contribution in [3.05, 3.63) is 11.3 Å². The number of carboxylic acid groups (broad SMARTS) is 1. The minimum Gasteiger partial charge on any atom is -0.478 e. The van der Waals surface area contributed by atoms with Crippen LogP contribution in [0.15, 0.2) is 11.3 Å². The van der Waals surface area contributed by atoms with E-state index in [1.165, 1.54) is 0 Å². The van der Waals surface area contributed by atoms with Gasteiger partial charge in [0, 0.05) is 5.70 Å². The lowest BCUT2D eigenvalue weighted by atomic mass is 10.1. The highest BCUT2D eigenvalue weighted by Crippen LogP contribution is 2.18. The van der Waals surface area contributed by atoms with Gasteiger partial charge >= 0.3 is 5.97 Å². The Morgan fingerprint density at radius 1 is 1.36 bits per heavy atom. The third kappa shape index (κ3) is 3.18. The van der Waals surface area contributed by atoms with Crippen LogP contribution in [0.1, 0.15) is 20.3 Å². The monoisotopic (exact) mass is 215 g/mol. The van der Waals surface area contributed by atoms with Crippen LogP contribution in [0.4, 0.5) is 0 Å². The maximum Gasteiger partial charge on any atom is 0.333 e. The van der Waals surface area contributed by atoms with Crippen LogP contribution in [0.5, 0.6) is 0 Å².